The summed E-state index contributed by atoms with van der Waals surface area (Å²) >= 11 is 0. The Balaban J connectivity index is 1.07. The molecule has 6 rings (SSSR count). The van der Waals surface area contributed by atoms with E-state index in [1.807, 2.05) is 67.4 Å². The van der Waals surface area contributed by atoms with Crippen LogP contribution in [0.5, 0.6) is 0 Å². The number of piperazine rings is 1. The average Bonchev–Trinajstić information content (AvgIpc) is 3.56. The number of furan rings is 1. The zero-order valence-electron chi connectivity index (χ0n) is 23.8. The Labute approximate surface area is 244 Å². The van der Waals surface area contributed by atoms with Gasteiger partial charge in [-0.2, -0.15) is 5.10 Å². The van der Waals surface area contributed by atoms with Gasteiger partial charge in [-0.15, -0.1) is 0 Å². The number of hydrogen-bond acceptors (Lipinski definition) is 7. The second-order valence-electron chi connectivity index (χ2n) is 10.8. The van der Waals surface area contributed by atoms with Crippen molar-refractivity contribution in [1.82, 2.24) is 24.9 Å². The first-order chi connectivity index (χ1) is 20.4. The maximum absolute atomic E-state index is 13.8. The minimum absolute atomic E-state index is 0.0976. The molecule has 11 heteroatoms. The van der Waals surface area contributed by atoms with Gasteiger partial charge >= 0.3 is 6.03 Å². The topological polar surface area (TPSA) is 119 Å². The van der Waals surface area contributed by atoms with Gasteiger partial charge < -0.3 is 30.0 Å². The van der Waals surface area contributed by atoms with Gasteiger partial charge in [0.15, 0.2) is 0 Å². The molecule has 0 radical (unpaired) electrons. The molecule has 1 fully saturated rings. The molecule has 218 valence electrons. The van der Waals surface area contributed by atoms with Gasteiger partial charge in [-0.25, -0.2) is 4.79 Å². The summed E-state index contributed by atoms with van der Waals surface area (Å²) in [5.41, 5.74) is 5.09. The fourth-order valence-corrected chi connectivity index (χ4v) is 5.53. The first kappa shape index (κ1) is 27.6. The predicted molar refractivity (Wildman–Crippen MR) is 158 cm³/mol. The molecule has 0 spiro atoms. The molecule has 3 amide bonds. The van der Waals surface area contributed by atoms with Crippen LogP contribution in [0.2, 0.25) is 0 Å². The van der Waals surface area contributed by atoms with Crippen LogP contribution in [0.4, 0.5) is 22.0 Å². The highest BCUT2D eigenvalue weighted by atomic mass is 16.4. The second-order valence-corrected chi connectivity index (χ2v) is 10.8. The Hall–Kier alpha value is -4.61. The second kappa shape index (κ2) is 11.7. The first-order valence-electron chi connectivity index (χ1n) is 14.1. The Bertz CT molecular complexity index is 1600. The lowest BCUT2D eigenvalue weighted by Gasteiger charge is -2.34. The average molecular weight is 570 g/mol. The largest absolute Gasteiger partial charge is 0.462 e. The predicted octanol–water partition coefficient (Wildman–Crippen LogP) is 3.75. The van der Waals surface area contributed by atoms with E-state index in [0.29, 0.717) is 44.0 Å². The van der Waals surface area contributed by atoms with E-state index in [0.717, 1.165) is 52.7 Å². The lowest BCUT2D eigenvalue weighted by Crippen LogP contribution is -2.51. The Morgan fingerprint density at radius 3 is 2.60 bits per heavy atom. The number of urea groups is 1. The van der Waals surface area contributed by atoms with Crippen LogP contribution in [0.1, 0.15) is 38.6 Å². The summed E-state index contributed by atoms with van der Waals surface area (Å²) in [7, 11) is 1.88. The van der Waals surface area contributed by atoms with Crippen molar-refractivity contribution in [2.75, 3.05) is 36.4 Å². The fraction of sp³-hybridized carbons (Fsp3) is 0.323. The minimum Gasteiger partial charge on any atom is -0.462 e. The van der Waals surface area contributed by atoms with Crippen molar-refractivity contribution in [1.29, 1.82) is 0 Å². The molecule has 0 atom stereocenters. The quantitative estimate of drug-likeness (QED) is 0.324. The van der Waals surface area contributed by atoms with Crippen molar-refractivity contribution in [3.05, 3.63) is 94.6 Å². The van der Waals surface area contributed by atoms with E-state index in [1.165, 1.54) is 0 Å². The minimum atomic E-state index is -0.107. The highest BCUT2D eigenvalue weighted by Gasteiger charge is 2.27. The van der Waals surface area contributed by atoms with Crippen molar-refractivity contribution in [2.45, 2.75) is 33.2 Å². The normalized spacial score (nSPS) is 15.0. The molecule has 4 aromatic rings. The summed E-state index contributed by atoms with van der Waals surface area (Å²) in [6.07, 6.45) is 1.79. The molecular weight excluding hydrogens is 534 g/mol. The Kier molecular flexibility index (Phi) is 7.68. The van der Waals surface area contributed by atoms with Gasteiger partial charge in [0.2, 0.25) is 0 Å². The molecule has 2 aliphatic rings. The third-order valence-corrected chi connectivity index (χ3v) is 7.97. The van der Waals surface area contributed by atoms with Crippen molar-refractivity contribution in [3.8, 4) is 0 Å². The number of aromatic nitrogens is 2. The van der Waals surface area contributed by atoms with Crippen LogP contribution in [0, 0.1) is 6.92 Å². The summed E-state index contributed by atoms with van der Waals surface area (Å²) in [6.45, 7) is 6.03. The number of aryl methyl sites for hydroxylation is 2. The van der Waals surface area contributed by atoms with Crippen LogP contribution in [-0.4, -0.2) is 62.8 Å². The highest BCUT2D eigenvalue weighted by molar-refractivity contribution is 6.08. The number of hydrogen-bond donors (Lipinski definition) is 3. The molecule has 0 bridgehead atoms. The van der Waals surface area contributed by atoms with E-state index < -0.39 is 0 Å². The molecule has 2 aromatic heterocycles. The standard InChI is InChI=1S/C31H35N7O4/c1-21-15-22(30(40)38-18-24-17-33-35(2)29(24)34-27-5-3-4-6-28(27)38)7-8-23(21)16-32-31(41)37-13-11-36(12-14-37)19-25-9-10-26(20-39)42-25/h3-10,15,17,34,39H,11-14,16,18-20H2,1-2H3,(H,32,41). The molecule has 3 N–H and O–H groups in total. The van der Waals surface area contributed by atoms with E-state index in [1.54, 1.807) is 21.8 Å². The number of para-hydroxylation sites is 2. The number of nitrogens with zero attached hydrogens (tertiary/aromatic N) is 5. The maximum Gasteiger partial charge on any atom is 0.317 e. The van der Waals surface area contributed by atoms with Gasteiger partial charge in [0, 0.05) is 50.9 Å². The Morgan fingerprint density at radius 2 is 1.83 bits per heavy atom. The van der Waals surface area contributed by atoms with E-state index in [-0.39, 0.29) is 18.5 Å². The lowest BCUT2D eigenvalue weighted by molar-refractivity contribution is 0.0985. The van der Waals surface area contributed by atoms with E-state index in [4.69, 9.17) is 4.42 Å². The van der Waals surface area contributed by atoms with Gasteiger partial charge in [-0.3, -0.25) is 14.4 Å². The molecule has 1 saturated heterocycles. The third-order valence-electron chi connectivity index (χ3n) is 7.97. The van der Waals surface area contributed by atoms with E-state index in [2.05, 4.69) is 20.6 Å². The van der Waals surface area contributed by atoms with Crippen LogP contribution in [-0.2, 0) is 33.3 Å². The lowest BCUT2D eigenvalue weighted by atomic mass is 10.0. The molecule has 42 heavy (non-hydrogen) atoms. The van der Waals surface area contributed by atoms with Crippen molar-refractivity contribution in [3.63, 3.8) is 0 Å². The number of carbonyl (C=O) groups excluding carboxylic acids is 2. The van der Waals surface area contributed by atoms with Gasteiger partial charge in [-0.05, 0) is 54.4 Å². The molecule has 0 unspecified atom stereocenters. The van der Waals surface area contributed by atoms with Crippen molar-refractivity contribution < 1.29 is 19.1 Å². The van der Waals surface area contributed by atoms with Gasteiger partial charge in [0.25, 0.3) is 5.91 Å². The maximum atomic E-state index is 13.8. The third kappa shape index (κ3) is 5.61. The number of nitrogens with one attached hydrogen (secondary N) is 2. The van der Waals surface area contributed by atoms with Crippen molar-refractivity contribution >= 4 is 29.1 Å². The van der Waals surface area contributed by atoms with Gasteiger partial charge in [0.1, 0.15) is 23.9 Å². The monoisotopic (exact) mass is 569 g/mol. The number of benzene rings is 2. The highest BCUT2D eigenvalue weighted by Crippen LogP contribution is 2.36. The molecule has 2 aliphatic heterocycles. The summed E-state index contributed by atoms with van der Waals surface area (Å²) in [5.74, 6) is 2.15. The van der Waals surface area contributed by atoms with Crippen LogP contribution in [0.25, 0.3) is 0 Å². The zero-order valence-corrected chi connectivity index (χ0v) is 23.8. The smallest absolute Gasteiger partial charge is 0.317 e. The van der Waals surface area contributed by atoms with Crippen LogP contribution >= 0.6 is 0 Å². The number of aliphatic hydroxyl groups excluding tert-OH is 1. The van der Waals surface area contributed by atoms with E-state index in [9.17, 15) is 14.7 Å². The summed E-state index contributed by atoms with van der Waals surface area (Å²) in [6, 6.07) is 17.0. The fourth-order valence-electron chi connectivity index (χ4n) is 5.53. The molecule has 2 aromatic carbocycles. The SMILES string of the molecule is Cc1cc(C(=O)N2Cc3cnn(C)c3Nc3ccccc32)ccc1CNC(=O)N1CCN(Cc2ccc(CO)o2)CC1. The molecule has 4 heterocycles. The zero-order chi connectivity index (χ0) is 29.2. The number of fused-ring (bicyclic) bond motifs is 2. The number of carbonyl (C=O) groups is 2. The molecule has 0 saturated carbocycles. The summed E-state index contributed by atoms with van der Waals surface area (Å²) < 4.78 is 7.37. The number of anilines is 3. The van der Waals surface area contributed by atoms with Gasteiger partial charge in [0.05, 0.1) is 30.7 Å². The molecular formula is C31H35N7O4. The first-order valence-corrected chi connectivity index (χ1v) is 14.1. The Morgan fingerprint density at radius 1 is 1.05 bits per heavy atom. The number of amides is 3. The van der Waals surface area contributed by atoms with Crippen LogP contribution in [0.3, 0.4) is 0 Å². The van der Waals surface area contributed by atoms with Gasteiger partial charge in [-0.1, -0.05) is 18.2 Å². The molecule has 11 nitrogen and oxygen atoms in total. The number of aliphatic hydroxyl groups is 1. The summed E-state index contributed by atoms with van der Waals surface area (Å²) in [4.78, 5) is 32.5. The molecule has 0 aliphatic carbocycles. The van der Waals surface area contributed by atoms with Crippen LogP contribution in [0.15, 0.2) is 65.2 Å². The summed E-state index contributed by atoms with van der Waals surface area (Å²) in [5, 5.41) is 20.0. The van der Waals surface area contributed by atoms with E-state index >= 15 is 0 Å². The van der Waals surface area contributed by atoms with Crippen LogP contribution < -0.4 is 15.5 Å². The number of rotatable bonds is 6. The van der Waals surface area contributed by atoms with Crippen molar-refractivity contribution in [2.24, 2.45) is 7.05 Å².